The summed E-state index contributed by atoms with van der Waals surface area (Å²) in [6.45, 7) is 4.71. The Morgan fingerprint density at radius 1 is 1.03 bits per heavy atom. The second-order valence-corrected chi connectivity index (χ2v) is 9.12. The van der Waals surface area contributed by atoms with Gasteiger partial charge < -0.3 is 15.2 Å². The van der Waals surface area contributed by atoms with Crippen molar-refractivity contribution in [3.63, 3.8) is 0 Å². The third kappa shape index (κ3) is 4.01. The van der Waals surface area contributed by atoms with Crippen molar-refractivity contribution in [3.05, 3.63) is 94.5 Å². The molecule has 4 heteroatoms. The summed E-state index contributed by atoms with van der Waals surface area (Å²) in [4.78, 5) is 2.62. The molecule has 166 valence electrons. The number of methoxy groups -OCH3 is 1. The lowest BCUT2D eigenvalue weighted by Crippen LogP contribution is -2.49. The molecule has 0 radical (unpaired) electrons. The molecule has 2 aliphatic rings. The minimum absolute atomic E-state index is 0.139. The quantitative estimate of drug-likeness (QED) is 0.622. The van der Waals surface area contributed by atoms with Gasteiger partial charge in [-0.15, -0.1) is 0 Å². The van der Waals surface area contributed by atoms with E-state index in [0.29, 0.717) is 18.6 Å². The van der Waals surface area contributed by atoms with Crippen LogP contribution in [0.5, 0.6) is 11.5 Å². The number of benzene rings is 3. The first-order valence-corrected chi connectivity index (χ1v) is 11.6. The Hall–Kier alpha value is -2.82. The van der Waals surface area contributed by atoms with Gasteiger partial charge >= 0.3 is 0 Å². The summed E-state index contributed by atoms with van der Waals surface area (Å²) in [6.07, 6.45) is 1.92. The molecular formula is C28H32N2O2. The van der Waals surface area contributed by atoms with Crippen LogP contribution in [0.4, 0.5) is 0 Å². The molecule has 0 saturated carbocycles. The van der Waals surface area contributed by atoms with Crippen LogP contribution in [0.15, 0.2) is 66.7 Å². The topological polar surface area (TPSA) is 47.7 Å². The van der Waals surface area contributed by atoms with E-state index in [1.165, 1.54) is 22.3 Å². The lowest BCUT2D eigenvalue weighted by molar-refractivity contribution is 0.108. The summed E-state index contributed by atoms with van der Waals surface area (Å²) >= 11 is 0. The van der Waals surface area contributed by atoms with Crippen LogP contribution in [-0.2, 0) is 13.0 Å². The second kappa shape index (κ2) is 8.97. The first kappa shape index (κ1) is 21.0. The van der Waals surface area contributed by atoms with Gasteiger partial charge in [-0.05, 0) is 42.5 Å². The standard InChI is InChI=1S/C28H32N2O2/c1-19-7-6-10-21(15-19)24-17-30-14-13-23-22(26(30)16-25(24)29)11-12-27(31-2)28(23)32-18-20-8-4-3-5-9-20/h3-12,15,24-26H,13-14,16-18,29H2,1-2H3. The molecule has 0 bridgehead atoms. The van der Waals surface area contributed by atoms with Crippen molar-refractivity contribution in [2.24, 2.45) is 5.73 Å². The molecule has 0 amide bonds. The largest absolute Gasteiger partial charge is 0.493 e. The molecule has 3 aromatic rings. The van der Waals surface area contributed by atoms with E-state index in [-0.39, 0.29) is 6.04 Å². The molecule has 2 heterocycles. The van der Waals surface area contributed by atoms with Crippen molar-refractivity contribution >= 4 is 0 Å². The number of hydrogen-bond acceptors (Lipinski definition) is 4. The monoisotopic (exact) mass is 428 g/mol. The van der Waals surface area contributed by atoms with Gasteiger partial charge in [-0.1, -0.05) is 66.2 Å². The Kier molecular flexibility index (Phi) is 5.90. The van der Waals surface area contributed by atoms with Crippen LogP contribution in [0, 0.1) is 6.92 Å². The Labute approximate surface area is 191 Å². The summed E-state index contributed by atoms with van der Waals surface area (Å²) in [5.74, 6) is 2.08. The molecule has 3 aromatic carbocycles. The van der Waals surface area contributed by atoms with Crippen LogP contribution >= 0.6 is 0 Å². The van der Waals surface area contributed by atoms with Crippen molar-refractivity contribution < 1.29 is 9.47 Å². The molecule has 5 rings (SSSR count). The molecule has 2 aliphatic heterocycles. The van der Waals surface area contributed by atoms with Crippen LogP contribution < -0.4 is 15.2 Å². The molecule has 1 fully saturated rings. The maximum Gasteiger partial charge on any atom is 0.165 e. The first-order chi connectivity index (χ1) is 15.6. The smallest absolute Gasteiger partial charge is 0.165 e. The van der Waals surface area contributed by atoms with Crippen molar-refractivity contribution in [2.75, 3.05) is 20.2 Å². The van der Waals surface area contributed by atoms with E-state index in [2.05, 4.69) is 60.4 Å². The van der Waals surface area contributed by atoms with Gasteiger partial charge in [0.15, 0.2) is 11.5 Å². The van der Waals surface area contributed by atoms with Crippen LogP contribution in [0.1, 0.15) is 46.2 Å². The highest BCUT2D eigenvalue weighted by molar-refractivity contribution is 5.53. The number of nitrogens with two attached hydrogens (primary N) is 1. The van der Waals surface area contributed by atoms with Crippen molar-refractivity contribution in [2.45, 2.75) is 44.4 Å². The van der Waals surface area contributed by atoms with E-state index < -0.39 is 0 Å². The Balaban J connectivity index is 1.41. The number of nitrogens with zero attached hydrogens (tertiary/aromatic N) is 1. The average Bonchev–Trinajstić information content (AvgIpc) is 2.82. The maximum absolute atomic E-state index is 6.77. The zero-order valence-electron chi connectivity index (χ0n) is 19.0. The van der Waals surface area contributed by atoms with Crippen molar-refractivity contribution in [3.8, 4) is 11.5 Å². The van der Waals surface area contributed by atoms with Crippen molar-refractivity contribution in [1.82, 2.24) is 4.90 Å². The average molecular weight is 429 g/mol. The van der Waals surface area contributed by atoms with Crippen LogP contribution in [0.25, 0.3) is 0 Å². The van der Waals surface area contributed by atoms with Gasteiger partial charge in [0.25, 0.3) is 0 Å². The van der Waals surface area contributed by atoms with E-state index in [4.69, 9.17) is 15.2 Å². The van der Waals surface area contributed by atoms with Crippen molar-refractivity contribution in [1.29, 1.82) is 0 Å². The molecular weight excluding hydrogens is 396 g/mol. The zero-order valence-corrected chi connectivity index (χ0v) is 19.0. The van der Waals surface area contributed by atoms with Gasteiger partial charge in [-0.25, -0.2) is 0 Å². The Morgan fingerprint density at radius 3 is 2.66 bits per heavy atom. The van der Waals surface area contributed by atoms with E-state index in [0.717, 1.165) is 43.0 Å². The van der Waals surface area contributed by atoms with E-state index in [1.807, 2.05) is 18.2 Å². The van der Waals surface area contributed by atoms with Gasteiger partial charge in [-0.3, -0.25) is 4.90 Å². The summed E-state index contributed by atoms with van der Waals surface area (Å²) < 4.78 is 12.0. The molecule has 4 nitrogen and oxygen atoms in total. The Bertz CT molecular complexity index is 1080. The second-order valence-electron chi connectivity index (χ2n) is 9.12. The summed E-state index contributed by atoms with van der Waals surface area (Å²) in [6, 6.07) is 23.9. The molecule has 32 heavy (non-hydrogen) atoms. The minimum atomic E-state index is 0.139. The highest BCUT2D eigenvalue weighted by atomic mass is 16.5. The highest BCUT2D eigenvalue weighted by Gasteiger charge is 2.39. The van der Waals surface area contributed by atoms with Crippen LogP contribution in [0.3, 0.4) is 0 Å². The lowest BCUT2D eigenvalue weighted by atomic mass is 9.78. The lowest BCUT2D eigenvalue weighted by Gasteiger charge is -2.46. The fraction of sp³-hybridized carbons (Fsp3) is 0.357. The first-order valence-electron chi connectivity index (χ1n) is 11.6. The molecule has 1 saturated heterocycles. The third-order valence-corrected chi connectivity index (χ3v) is 7.07. The Morgan fingerprint density at radius 2 is 1.88 bits per heavy atom. The fourth-order valence-corrected chi connectivity index (χ4v) is 5.41. The van der Waals surface area contributed by atoms with Gasteiger partial charge in [0.2, 0.25) is 0 Å². The van der Waals surface area contributed by atoms with Gasteiger partial charge in [-0.2, -0.15) is 0 Å². The van der Waals surface area contributed by atoms with Crippen LogP contribution in [-0.4, -0.2) is 31.1 Å². The molecule has 3 unspecified atom stereocenters. The van der Waals surface area contributed by atoms with Gasteiger partial charge in [0, 0.05) is 36.7 Å². The normalized spacial score (nSPS) is 22.7. The summed E-state index contributed by atoms with van der Waals surface area (Å²) in [5, 5.41) is 0. The van der Waals surface area contributed by atoms with Gasteiger partial charge in [0.05, 0.1) is 7.11 Å². The number of rotatable bonds is 5. The molecule has 3 atom stereocenters. The molecule has 0 spiro atoms. The number of piperidine rings is 1. The molecule has 2 N–H and O–H groups in total. The number of ether oxygens (including phenoxy) is 2. The molecule has 0 aromatic heterocycles. The number of fused-ring (bicyclic) bond motifs is 3. The van der Waals surface area contributed by atoms with E-state index in [9.17, 15) is 0 Å². The predicted molar refractivity (Wildman–Crippen MR) is 128 cm³/mol. The number of aryl methyl sites for hydroxylation is 1. The SMILES string of the molecule is COc1ccc2c(c1OCc1ccccc1)CCN1CC(c3cccc(C)c3)C(N)CC21. The highest BCUT2D eigenvalue weighted by Crippen LogP contribution is 2.46. The minimum Gasteiger partial charge on any atom is -0.493 e. The molecule has 0 aliphatic carbocycles. The maximum atomic E-state index is 6.77. The summed E-state index contributed by atoms with van der Waals surface area (Å²) in [7, 11) is 1.72. The number of hydrogen-bond donors (Lipinski definition) is 1. The van der Waals surface area contributed by atoms with E-state index >= 15 is 0 Å². The third-order valence-electron chi connectivity index (χ3n) is 7.07. The van der Waals surface area contributed by atoms with Crippen LogP contribution in [0.2, 0.25) is 0 Å². The van der Waals surface area contributed by atoms with Gasteiger partial charge in [0.1, 0.15) is 6.61 Å². The fourth-order valence-electron chi connectivity index (χ4n) is 5.41. The predicted octanol–water partition coefficient (Wildman–Crippen LogP) is 5.00. The van der Waals surface area contributed by atoms with E-state index in [1.54, 1.807) is 7.11 Å². The zero-order chi connectivity index (χ0) is 22.1. The summed E-state index contributed by atoms with van der Waals surface area (Å²) in [5.41, 5.74) is 13.2.